The van der Waals surface area contributed by atoms with Gasteiger partial charge in [-0.1, -0.05) is 287 Å². The highest BCUT2D eigenvalue weighted by Crippen LogP contribution is 2.17. The van der Waals surface area contributed by atoms with Crippen LogP contribution in [-0.2, 0) is 4.79 Å². The number of nitrogens with one attached hydrogen (secondary N) is 1. The Hall–Kier alpha value is -1.65. The van der Waals surface area contributed by atoms with Gasteiger partial charge in [-0.25, -0.2) is 0 Å². The van der Waals surface area contributed by atoms with Gasteiger partial charge in [0.05, 0.1) is 18.8 Å². The third-order valence-corrected chi connectivity index (χ3v) is 13.3. The van der Waals surface area contributed by atoms with Crippen LogP contribution in [0.5, 0.6) is 0 Å². The molecule has 0 saturated carbocycles. The molecule has 0 saturated heterocycles. The summed E-state index contributed by atoms with van der Waals surface area (Å²) in [5, 5.41) is 23.2. The standard InChI is InChI=1S/C60H113NO3/c1-3-5-7-9-11-13-15-17-19-21-23-25-26-27-28-29-30-31-32-33-34-36-37-39-41-43-45-47-49-51-53-55-59(63)58(57-62)61-60(64)56-54-52-50-48-46-44-42-40-38-35-24-22-20-18-16-14-12-10-8-6-4-2/h16,18,22,24,45,47,53,55,58-59,62-63H,3-15,17,19-21,23,25-44,46,48-52,54,56-57H2,1-2H3,(H,61,64)/b18-16-,24-22-,47-45+,55-53+. The van der Waals surface area contributed by atoms with Gasteiger partial charge in [0.1, 0.15) is 0 Å². The predicted molar refractivity (Wildman–Crippen MR) is 285 cm³/mol. The molecule has 376 valence electrons. The molecule has 1 amide bonds. The molecule has 0 aromatic rings. The van der Waals surface area contributed by atoms with Crippen LogP contribution in [0.25, 0.3) is 0 Å². The Kier molecular flexibility index (Phi) is 54.2. The third kappa shape index (κ3) is 51.3. The van der Waals surface area contributed by atoms with Crippen LogP contribution in [0, 0.1) is 0 Å². The zero-order chi connectivity index (χ0) is 46.3. The quantitative estimate of drug-likeness (QED) is 0.0421. The Morgan fingerprint density at radius 2 is 0.656 bits per heavy atom. The van der Waals surface area contributed by atoms with E-state index in [0.717, 1.165) is 38.5 Å². The fourth-order valence-corrected chi connectivity index (χ4v) is 8.87. The van der Waals surface area contributed by atoms with Gasteiger partial charge in [0.2, 0.25) is 5.91 Å². The van der Waals surface area contributed by atoms with Gasteiger partial charge in [-0.15, -0.1) is 0 Å². The van der Waals surface area contributed by atoms with E-state index in [4.69, 9.17) is 0 Å². The van der Waals surface area contributed by atoms with Crippen LogP contribution in [0.3, 0.4) is 0 Å². The number of allylic oxidation sites excluding steroid dienone is 7. The first-order valence-corrected chi connectivity index (χ1v) is 28.9. The van der Waals surface area contributed by atoms with E-state index in [1.807, 2.05) is 6.08 Å². The van der Waals surface area contributed by atoms with Crippen molar-refractivity contribution in [3.63, 3.8) is 0 Å². The monoisotopic (exact) mass is 896 g/mol. The van der Waals surface area contributed by atoms with Gasteiger partial charge in [0.15, 0.2) is 0 Å². The Morgan fingerprint density at radius 3 is 1.00 bits per heavy atom. The van der Waals surface area contributed by atoms with Gasteiger partial charge in [-0.2, -0.15) is 0 Å². The molecule has 2 unspecified atom stereocenters. The average molecular weight is 897 g/mol. The first kappa shape index (κ1) is 62.4. The zero-order valence-corrected chi connectivity index (χ0v) is 43.3. The van der Waals surface area contributed by atoms with Crippen molar-refractivity contribution in [2.75, 3.05) is 6.61 Å². The average Bonchev–Trinajstić information content (AvgIpc) is 3.30. The van der Waals surface area contributed by atoms with Gasteiger partial charge in [-0.05, 0) is 64.2 Å². The second-order valence-electron chi connectivity index (χ2n) is 19.7. The molecule has 0 aliphatic heterocycles. The van der Waals surface area contributed by atoms with E-state index in [9.17, 15) is 15.0 Å². The number of carbonyl (C=O) groups is 1. The molecular formula is C60H113NO3. The number of carbonyl (C=O) groups excluding carboxylic acids is 1. The minimum Gasteiger partial charge on any atom is -0.394 e. The molecule has 3 N–H and O–H groups in total. The van der Waals surface area contributed by atoms with E-state index in [1.165, 1.54) is 250 Å². The van der Waals surface area contributed by atoms with Gasteiger partial charge in [-0.3, -0.25) is 4.79 Å². The lowest BCUT2D eigenvalue weighted by atomic mass is 10.0. The molecule has 0 rings (SSSR count). The number of hydrogen-bond donors (Lipinski definition) is 3. The molecule has 0 aliphatic rings. The second-order valence-corrected chi connectivity index (χ2v) is 19.7. The Labute approximate surface area is 401 Å². The van der Waals surface area contributed by atoms with Gasteiger partial charge in [0, 0.05) is 6.42 Å². The Morgan fingerprint density at radius 1 is 0.375 bits per heavy atom. The first-order valence-electron chi connectivity index (χ1n) is 28.9. The van der Waals surface area contributed by atoms with E-state index in [2.05, 4.69) is 55.6 Å². The van der Waals surface area contributed by atoms with Crippen molar-refractivity contribution in [3.8, 4) is 0 Å². The number of rotatable bonds is 53. The van der Waals surface area contributed by atoms with Gasteiger partial charge >= 0.3 is 0 Å². The summed E-state index contributed by atoms with van der Waals surface area (Å²) < 4.78 is 0. The van der Waals surface area contributed by atoms with Crippen LogP contribution in [-0.4, -0.2) is 34.9 Å². The van der Waals surface area contributed by atoms with Crippen molar-refractivity contribution in [3.05, 3.63) is 48.6 Å². The van der Waals surface area contributed by atoms with E-state index >= 15 is 0 Å². The largest absolute Gasteiger partial charge is 0.394 e. The Balaban J connectivity index is 3.51. The van der Waals surface area contributed by atoms with Crippen LogP contribution in [0.4, 0.5) is 0 Å². The van der Waals surface area contributed by atoms with E-state index in [0.29, 0.717) is 6.42 Å². The zero-order valence-electron chi connectivity index (χ0n) is 43.3. The number of hydrogen-bond acceptors (Lipinski definition) is 3. The lowest BCUT2D eigenvalue weighted by molar-refractivity contribution is -0.123. The molecule has 0 aliphatic carbocycles. The maximum absolute atomic E-state index is 12.5. The summed E-state index contributed by atoms with van der Waals surface area (Å²) in [7, 11) is 0. The SMILES string of the molecule is CCCCCCC/C=C\C/C=C\CCCCCCCCCCCC(=O)NC(CO)C(O)/C=C/CC/C=C/CCCCCCCCCCCCCCCCCCCCCCCCCCC. The highest BCUT2D eigenvalue weighted by atomic mass is 16.3. The highest BCUT2D eigenvalue weighted by Gasteiger charge is 2.18. The van der Waals surface area contributed by atoms with Crippen molar-refractivity contribution < 1.29 is 15.0 Å². The second kappa shape index (κ2) is 55.7. The molecule has 0 heterocycles. The normalized spacial score (nSPS) is 13.1. The van der Waals surface area contributed by atoms with Gasteiger partial charge < -0.3 is 15.5 Å². The summed E-state index contributed by atoms with van der Waals surface area (Å²) >= 11 is 0. The molecule has 0 spiro atoms. The maximum atomic E-state index is 12.5. The summed E-state index contributed by atoms with van der Waals surface area (Å²) in [6, 6.07) is -0.643. The predicted octanol–water partition coefficient (Wildman–Crippen LogP) is 19.0. The first-order chi connectivity index (χ1) is 31.7. The summed E-state index contributed by atoms with van der Waals surface area (Å²) in [5.41, 5.74) is 0. The number of aliphatic hydroxyl groups is 2. The van der Waals surface area contributed by atoms with Crippen molar-refractivity contribution in [2.45, 2.75) is 321 Å². The highest BCUT2D eigenvalue weighted by molar-refractivity contribution is 5.76. The fraction of sp³-hybridized carbons (Fsp3) is 0.850. The number of unbranched alkanes of at least 4 members (excludes halogenated alkanes) is 40. The van der Waals surface area contributed by atoms with Crippen molar-refractivity contribution in [1.82, 2.24) is 5.32 Å². The molecule has 0 radical (unpaired) electrons. The van der Waals surface area contributed by atoms with E-state index in [1.54, 1.807) is 6.08 Å². The number of aliphatic hydroxyl groups excluding tert-OH is 2. The van der Waals surface area contributed by atoms with Crippen LogP contribution < -0.4 is 5.32 Å². The van der Waals surface area contributed by atoms with Crippen LogP contribution in [0.1, 0.15) is 309 Å². The third-order valence-electron chi connectivity index (χ3n) is 13.3. The molecule has 4 heteroatoms. The van der Waals surface area contributed by atoms with Crippen LogP contribution >= 0.6 is 0 Å². The van der Waals surface area contributed by atoms with Crippen molar-refractivity contribution in [2.24, 2.45) is 0 Å². The van der Waals surface area contributed by atoms with E-state index < -0.39 is 12.1 Å². The van der Waals surface area contributed by atoms with Crippen LogP contribution in [0.15, 0.2) is 48.6 Å². The molecule has 2 atom stereocenters. The minimum atomic E-state index is -0.866. The Bertz CT molecular complexity index is 1020. The molecule has 0 aromatic carbocycles. The molecule has 0 bridgehead atoms. The van der Waals surface area contributed by atoms with Crippen LogP contribution in [0.2, 0.25) is 0 Å². The summed E-state index contributed by atoms with van der Waals surface area (Å²) in [4.78, 5) is 12.5. The van der Waals surface area contributed by atoms with E-state index in [-0.39, 0.29) is 12.5 Å². The molecular weight excluding hydrogens is 783 g/mol. The molecule has 4 nitrogen and oxygen atoms in total. The van der Waals surface area contributed by atoms with Crippen molar-refractivity contribution in [1.29, 1.82) is 0 Å². The number of amides is 1. The fourth-order valence-electron chi connectivity index (χ4n) is 8.87. The minimum absolute atomic E-state index is 0.0757. The molecule has 0 fully saturated rings. The molecule has 0 aromatic heterocycles. The maximum Gasteiger partial charge on any atom is 0.220 e. The summed E-state index contributed by atoms with van der Waals surface area (Å²) in [6.07, 6.45) is 77.1. The van der Waals surface area contributed by atoms with Gasteiger partial charge in [0.25, 0.3) is 0 Å². The summed E-state index contributed by atoms with van der Waals surface area (Å²) in [6.45, 7) is 4.31. The topological polar surface area (TPSA) is 69.6 Å². The summed E-state index contributed by atoms with van der Waals surface area (Å²) in [5.74, 6) is -0.0757. The smallest absolute Gasteiger partial charge is 0.220 e. The lowest BCUT2D eigenvalue weighted by Crippen LogP contribution is -2.45. The lowest BCUT2D eigenvalue weighted by Gasteiger charge is -2.19. The molecule has 64 heavy (non-hydrogen) atoms. The van der Waals surface area contributed by atoms with Crippen molar-refractivity contribution >= 4 is 5.91 Å².